The number of hydrogen-bond donors (Lipinski definition) is 3. The molecule has 0 bridgehead atoms. The minimum atomic E-state index is -0.861. The summed E-state index contributed by atoms with van der Waals surface area (Å²) >= 11 is 0. The molecule has 2 aromatic carbocycles. The smallest absolute Gasteiger partial charge is 0.407 e. The molecular formula is C28H34N2O5. The molecule has 1 fully saturated rings. The zero-order chi connectivity index (χ0) is 25.2. The maximum absolute atomic E-state index is 13.0. The number of carboxylic acids is 1. The van der Waals surface area contributed by atoms with Crippen molar-refractivity contribution in [3.63, 3.8) is 0 Å². The third kappa shape index (κ3) is 5.84. The molecule has 2 aromatic rings. The zero-order valence-electron chi connectivity index (χ0n) is 20.5. The van der Waals surface area contributed by atoms with Gasteiger partial charge in [-0.25, -0.2) is 4.79 Å². The average molecular weight is 479 g/mol. The van der Waals surface area contributed by atoms with E-state index < -0.39 is 23.5 Å². The van der Waals surface area contributed by atoms with Crippen LogP contribution in [-0.2, 0) is 14.3 Å². The Labute approximate surface area is 206 Å². The highest BCUT2D eigenvalue weighted by Crippen LogP contribution is 2.44. The van der Waals surface area contributed by atoms with Crippen molar-refractivity contribution in [3.8, 4) is 11.1 Å². The molecule has 7 heteroatoms. The number of aliphatic carboxylic acids is 1. The van der Waals surface area contributed by atoms with E-state index in [2.05, 4.69) is 34.9 Å². The molecular weight excluding hydrogens is 444 g/mol. The molecule has 4 rings (SSSR count). The molecule has 1 unspecified atom stereocenters. The summed E-state index contributed by atoms with van der Waals surface area (Å²) in [6.45, 7) is 6.07. The lowest BCUT2D eigenvalue weighted by Gasteiger charge is -2.30. The van der Waals surface area contributed by atoms with E-state index in [1.165, 1.54) is 0 Å². The minimum absolute atomic E-state index is 0.0327. The SMILES string of the molecule is CC(C)(C)[C@H](NC(=O)OCC1c2ccccc2-c2ccccc21)C(=O)NCC(CC(=O)O)C1CC1. The quantitative estimate of drug-likeness (QED) is 0.490. The number of fused-ring (bicyclic) bond motifs is 3. The van der Waals surface area contributed by atoms with Crippen LogP contribution in [0.1, 0.15) is 57.1 Å². The number of ether oxygens (including phenoxy) is 1. The molecule has 3 N–H and O–H groups in total. The molecule has 7 nitrogen and oxygen atoms in total. The first-order chi connectivity index (χ1) is 16.6. The Morgan fingerprint density at radius 1 is 1.00 bits per heavy atom. The summed E-state index contributed by atoms with van der Waals surface area (Å²) in [5, 5.41) is 14.8. The summed E-state index contributed by atoms with van der Waals surface area (Å²) in [6.07, 6.45) is 1.37. The normalized spacial score (nSPS) is 16.5. The van der Waals surface area contributed by atoms with Gasteiger partial charge in [-0.1, -0.05) is 69.3 Å². The van der Waals surface area contributed by atoms with E-state index in [1.807, 2.05) is 45.0 Å². The number of rotatable bonds is 9. The van der Waals surface area contributed by atoms with Crippen molar-refractivity contribution in [2.45, 2.75) is 52.0 Å². The number of nitrogens with one attached hydrogen (secondary N) is 2. The van der Waals surface area contributed by atoms with Crippen molar-refractivity contribution >= 4 is 18.0 Å². The zero-order valence-corrected chi connectivity index (χ0v) is 20.5. The van der Waals surface area contributed by atoms with Gasteiger partial charge in [-0.2, -0.15) is 0 Å². The summed E-state index contributed by atoms with van der Waals surface area (Å²) in [6, 6.07) is 15.4. The second-order valence-corrected chi connectivity index (χ2v) is 10.7. The molecule has 2 aliphatic rings. The second kappa shape index (κ2) is 10.1. The summed E-state index contributed by atoms with van der Waals surface area (Å²) in [5.41, 5.74) is 3.98. The van der Waals surface area contributed by atoms with Gasteiger partial charge in [0.2, 0.25) is 5.91 Å². The molecule has 2 aliphatic carbocycles. The van der Waals surface area contributed by atoms with E-state index in [1.54, 1.807) is 0 Å². The number of alkyl carbamates (subject to hydrolysis) is 1. The molecule has 35 heavy (non-hydrogen) atoms. The van der Waals surface area contributed by atoms with Crippen molar-refractivity contribution in [2.75, 3.05) is 13.2 Å². The molecule has 2 amide bonds. The topological polar surface area (TPSA) is 105 Å². The molecule has 186 valence electrons. The second-order valence-electron chi connectivity index (χ2n) is 10.7. The fourth-order valence-corrected chi connectivity index (χ4v) is 4.96. The molecule has 0 saturated heterocycles. The van der Waals surface area contributed by atoms with Crippen LogP contribution in [0.2, 0.25) is 0 Å². The Balaban J connectivity index is 1.38. The lowest BCUT2D eigenvalue weighted by Crippen LogP contribution is -2.54. The Morgan fingerprint density at radius 3 is 2.09 bits per heavy atom. The number of carbonyl (C=O) groups is 3. The van der Waals surface area contributed by atoms with E-state index in [9.17, 15) is 14.4 Å². The highest BCUT2D eigenvalue weighted by molar-refractivity contribution is 5.86. The number of hydrogen-bond acceptors (Lipinski definition) is 4. The summed E-state index contributed by atoms with van der Waals surface area (Å²) in [7, 11) is 0. The lowest BCUT2D eigenvalue weighted by molar-refractivity contribution is -0.138. The van der Waals surface area contributed by atoms with Gasteiger partial charge in [-0.3, -0.25) is 9.59 Å². The molecule has 0 aliphatic heterocycles. The van der Waals surface area contributed by atoms with Gasteiger partial charge in [0, 0.05) is 12.5 Å². The van der Waals surface area contributed by atoms with Crippen LogP contribution in [-0.4, -0.2) is 42.3 Å². The van der Waals surface area contributed by atoms with Crippen molar-refractivity contribution in [3.05, 3.63) is 59.7 Å². The largest absolute Gasteiger partial charge is 0.481 e. The Kier molecular flexibility index (Phi) is 7.15. The lowest BCUT2D eigenvalue weighted by atomic mass is 9.86. The van der Waals surface area contributed by atoms with E-state index in [-0.39, 0.29) is 37.3 Å². The number of benzene rings is 2. The monoisotopic (exact) mass is 478 g/mol. The van der Waals surface area contributed by atoms with Crippen LogP contribution in [0.5, 0.6) is 0 Å². The van der Waals surface area contributed by atoms with Crippen LogP contribution in [0.25, 0.3) is 11.1 Å². The van der Waals surface area contributed by atoms with Crippen LogP contribution in [0.15, 0.2) is 48.5 Å². The average Bonchev–Trinajstić information content (AvgIpc) is 3.60. The van der Waals surface area contributed by atoms with E-state index >= 15 is 0 Å². The third-order valence-electron chi connectivity index (χ3n) is 7.00. The Bertz CT molecular complexity index is 1060. The van der Waals surface area contributed by atoms with Gasteiger partial charge in [-0.15, -0.1) is 0 Å². The van der Waals surface area contributed by atoms with Crippen LogP contribution >= 0.6 is 0 Å². The molecule has 0 radical (unpaired) electrons. The maximum atomic E-state index is 13.0. The minimum Gasteiger partial charge on any atom is -0.481 e. The van der Waals surface area contributed by atoms with Crippen molar-refractivity contribution in [1.82, 2.24) is 10.6 Å². The van der Waals surface area contributed by atoms with E-state index in [0.717, 1.165) is 35.1 Å². The fraction of sp³-hybridized carbons (Fsp3) is 0.464. The van der Waals surface area contributed by atoms with Gasteiger partial charge >= 0.3 is 12.1 Å². The van der Waals surface area contributed by atoms with Gasteiger partial charge in [0.1, 0.15) is 12.6 Å². The van der Waals surface area contributed by atoms with Gasteiger partial charge < -0.3 is 20.5 Å². The summed E-state index contributed by atoms with van der Waals surface area (Å²) < 4.78 is 5.63. The van der Waals surface area contributed by atoms with Gasteiger partial charge in [0.05, 0.1) is 6.42 Å². The predicted molar refractivity (Wildman–Crippen MR) is 133 cm³/mol. The molecule has 0 spiro atoms. The number of carboxylic acid groups (broad SMARTS) is 1. The summed E-state index contributed by atoms with van der Waals surface area (Å²) in [5.74, 6) is -1.01. The third-order valence-corrected chi connectivity index (χ3v) is 7.00. The van der Waals surface area contributed by atoms with Crippen LogP contribution in [0.3, 0.4) is 0 Å². The van der Waals surface area contributed by atoms with Gasteiger partial charge in [0.15, 0.2) is 0 Å². The van der Waals surface area contributed by atoms with Gasteiger partial charge in [0.25, 0.3) is 0 Å². The Hall–Kier alpha value is -3.35. The van der Waals surface area contributed by atoms with Gasteiger partial charge in [-0.05, 0) is 52.3 Å². The van der Waals surface area contributed by atoms with Crippen molar-refractivity contribution in [1.29, 1.82) is 0 Å². The molecule has 0 aromatic heterocycles. The maximum Gasteiger partial charge on any atom is 0.407 e. The van der Waals surface area contributed by atoms with E-state index in [0.29, 0.717) is 5.92 Å². The number of carbonyl (C=O) groups excluding carboxylic acids is 2. The van der Waals surface area contributed by atoms with Crippen molar-refractivity contribution < 1.29 is 24.2 Å². The molecule has 2 atom stereocenters. The summed E-state index contributed by atoms with van der Waals surface area (Å²) in [4.78, 5) is 37.0. The first kappa shape index (κ1) is 24.8. The highest BCUT2D eigenvalue weighted by atomic mass is 16.5. The van der Waals surface area contributed by atoms with E-state index in [4.69, 9.17) is 9.84 Å². The van der Waals surface area contributed by atoms with Crippen LogP contribution in [0, 0.1) is 17.3 Å². The Morgan fingerprint density at radius 2 is 1.57 bits per heavy atom. The highest BCUT2D eigenvalue weighted by Gasteiger charge is 2.37. The number of amides is 2. The standard InChI is InChI=1S/C28H34N2O5/c1-28(2,3)25(26(33)29-15-18(14-24(31)32)17-12-13-17)30-27(34)35-16-23-21-10-6-4-8-19(21)20-9-5-7-11-22(20)23/h4-11,17-18,23,25H,12-16H2,1-3H3,(H,29,33)(H,30,34)(H,31,32)/t18?,25-/m1/s1. The van der Waals surface area contributed by atoms with Crippen LogP contribution < -0.4 is 10.6 Å². The van der Waals surface area contributed by atoms with Crippen LogP contribution in [0.4, 0.5) is 4.79 Å². The molecule has 1 saturated carbocycles. The van der Waals surface area contributed by atoms with Crippen molar-refractivity contribution in [2.24, 2.45) is 17.3 Å². The first-order valence-electron chi connectivity index (χ1n) is 12.3. The predicted octanol–water partition coefficient (Wildman–Crippen LogP) is 4.56. The first-order valence-corrected chi connectivity index (χ1v) is 12.3. The fourth-order valence-electron chi connectivity index (χ4n) is 4.96. The molecule has 0 heterocycles.